The molecule has 14 heavy (non-hydrogen) atoms. The van der Waals surface area contributed by atoms with Crippen molar-refractivity contribution in [3.8, 4) is 6.19 Å². The van der Waals surface area contributed by atoms with E-state index in [1.165, 1.54) is 5.56 Å². The number of hydrogen-bond donors (Lipinski definition) is 1. The Balaban J connectivity index is 0.00000169. The molecule has 0 atom stereocenters. The van der Waals surface area contributed by atoms with Gasteiger partial charge < -0.3 is 17.9 Å². The Morgan fingerprint density at radius 2 is 2.00 bits per heavy atom. The summed E-state index contributed by atoms with van der Waals surface area (Å²) in [6.07, 6.45) is 1.62. The number of aliphatic imine (C=N–C) groups is 1. The Labute approximate surface area is 111 Å². The van der Waals surface area contributed by atoms with E-state index in [4.69, 9.17) is 17.9 Å². The van der Waals surface area contributed by atoms with Gasteiger partial charge in [0.2, 0.25) is 6.19 Å². The van der Waals surface area contributed by atoms with Crippen LogP contribution in [0.15, 0.2) is 29.3 Å². The first-order valence-corrected chi connectivity index (χ1v) is 4.10. The molecule has 0 aliphatic heterocycles. The van der Waals surface area contributed by atoms with Crippen LogP contribution in [0, 0.1) is 18.4 Å². The summed E-state index contributed by atoms with van der Waals surface area (Å²) in [4.78, 5) is 3.37. The molecule has 0 aliphatic rings. The molecule has 1 rings (SSSR count). The smallest absolute Gasteiger partial charge is 0.742 e. The molecule has 0 aliphatic carbocycles. The number of benzene rings is 1. The predicted octanol–water partition coefficient (Wildman–Crippen LogP) is -1.21. The molecule has 0 amide bonds. The summed E-state index contributed by atoms with van der Waals surface area (Å²) in [5, 5.41) is 11.2. The van der Waals surface area contributed by atoms with Crippen molar-refractivity contribution in [2.75, 3.05) is 5.32 Å². The zero-order chi connectivity index (χ0) is 9.68. The normalized spacial score (nSPS) is 9.86. The van der Waals surface area contributed by atoms with Crippen molar-refractivity contribution >= 4 is 23.5 Å². The van der Waals surface area contributed by atoms with Crippen LogP contribution in [0.3, 0.4) is 0 Å². The molecule has 0 heterocycles. The van der Waals surface area contributed by atoms with Gasteiger partial charge in [0.05, 0.1) is 0 Å². The number of nitriles is 1. The molecule has 0 aromatic heterocycles. The van der Waals surface area contributed by atoms with Crippen LogP contribution < -0.4 is 34.9 Å². The second kappa shape index (κ2) is 6.80. The molecular weight excluding hydrogens is 205 g/mol. The molecule has 1 aromatic rings. The van der Waals surface area contributed by atoms with Gasteiger partial charge in [0.1, 0.15) is 0 Å². The van der Waals surface area contributed by atoms with E-state index in [1.54, 1.807) is 6.19 Å². The van der Waals surface area contributed by atoms with Crippen molar-refractivity contribution in [1.82, 2.24) is 0 Å². The predicted molar refractivity (Wildman–Crippen MR) is 55.2 cm³/mol. The van der Waals surface area contributed by atoms with Crippen LogP contribution in [-0.4, -0.2) is 5.17 Å². The van der Waals surface area contributed by atoms with Gasteiger partial charge in [-0.25, -0.2) is 0 Å². The third-order valence-corrected chi connectivity index (χ3v) is 1.65. The number of nitrogens with zero attached hydrogens (tertiary/aromatic N) is 2. The van der Waals surface area contributed by atoms with Crippen LogP contribution in [0.5, 0.6) is 0 Å². The fourth-order valence-electron chi connectivity index (χ4n) is 0.834. The number of rotatable bonds is 1. The van der Waals surface area contributed by atoms with Gasteiger partial charge >= 0.3 is 29.6 Å². The second-order valence-corrected chi connectivity index (χ2v) is 2.89. The molecule has 0 unspecified atom stereocenters. The Bertz CT molecular complexity index is 353. The summed E-state index contributed by atoms with van der Waals surface area (Å²) in [5.41, 5.74) is 2.02. The second-order valence-electron chi connectivity index (χ2n) is 2.51. The van der Waals surface area contributed by atoms with E-state index in [-0.39, 0.29) is 34.7 Å². The van der Waals surface area contributed by atoms with E-state index < -0.39 is 0 Å². The first-order valence-electron chi connectivity index (χ1n) is 3.70. The number of hydrogen-bond acceptors (Lipinski definition) is 3. The summed E-state index contributed by atoms with van der Waals surface area (Å²) in [5.74, 6) is 0. The minimum atomic E-state index is 0. The van der Waals surface area contributed by atoms with Gasteiger partial charge in [-0.15, -0.1) is 0 Å². The van der Waals surface area contributed by atoms with Gasteiger partial charge in [0.25, 0.3) is 0 Å². The van der Waals surface area contributed by atoms with Gasteiger partial charge in [-0.2, -0.15) is 10.3 Å². The first kappa shape index (κ1) is 13.4. The molecule has 0 fully saturated rings. The van der Waals surface area contributed by atoms with Crippen molar-refractivity contribution < 1.29 is 29.6 Å². The maximum Gasteiger partial charge on any atom is 1.00 e. The largest absolute Gasteiger partial charge is 1.00 e. The fourth-order valence-corrected chi connectivity index (χ4v) is 0.992. The van der Waals surface area contributed by atoms with Crippen molar-refractivity contribution in [1.29, 1.82) is 5.26 Å². The summed E-state index contributed by atoms with van der Waals surface area (Å²) >= 11 is 4.77. The Morgan fingerprint density at radius 1 is 1.43 bits per heavy atom. The zero-order valence-electron chi connectivity index (χ0n) is 8.11. The quantitative estimate of drug-likeness (QED) is 0.209. The van der Waals surface area contributed by atoms with Crippen molar-refractivity contribution in [3.63, 3.8) is 0 Å². The van der Waals surface area contributed by atoms with E-state index in [1.807, 2.05) is 31.2 Å². The van der Waals surface area contributed by atoms with E-state index in [9.17, 15) is 0 Å². The maximum absolute atomic E-state index is 8.21. The van der Waals surface area contributed by atoms with E-state index in [0.29, 0.717) is 0 Å². The van der Waals surface area contributed by atoms with Crippen molar-refractivity contribution in [2.45, 2.75) is 6.92 Å². The van der Waals surface area contributed by atoms with Crippen molar-refractivity contribution in [2.24, 2.45) is 4.99 Å². The Kier molecular flexibility index (Phi) is 6.50. The maximum atomic E-state index is 8.21. The zero-order valence-corrected chi connectivity index (χ0v) is 10.9. The van der Waals surface area contributed by atoms with Gasteiger partial charge in [-0.3, -0.25) is 0 Å². The van der Waals surface area contributed by atoms with Crippen LogP contribution >= 0.6 is 0 Å². The molecule has 0 saturated heterocycles. The van der Waals surface area contributed by atoms with Crippen LogP contribution in [0.2, 0.25) is 0 Å². The Morgan fingerprint density at radius 3 is 2.50 bits per heavy atom. The summed E-state index contributed by atoms with van der Waals surface area (Å²) < 4.78 is 0. The van der Waals surface area contributed by atoms with E-state index in [2.05, 4.69) is 10.3 Å². The van der Waals surface area contributed by atoms with Crippen LogP contribution in [0.4, 0.5) is 5.69 Å². The topological polar surface area (TPSA) is 48.2 Å². The molecule has 1 aromatic carbocycles. The molecule has 66 valence electrons. The molecule has 0 spiro atoms. The summed E-state index contributed by atoms with van der Waals surface area (Å²) in [6.45, 7) is 2.00. The number of aryl methyl sites for hydroxylation is 1. The molecule has 3 nitrogen and oxygen atoms in total. The number of anilines is 1. The average molecular weight is 213 g/mol. The fraction of sp³-hybridized carbons (Fsp3) is 0.111. The SMILES string of the molecule is Cc1ccc(N/C([S-])=N/C#N)cc1.[Na+]. The van der Waals surface area contributed by atoms with E-state index >= 15 is 0 Å². The van der Waals surface area contributed by atoms with Gasteiger partial charge in [-0.05, 0) is 24.2 Å². The summed E-state index contributed by atoms with van der Waals surface area (Å²) in [7, 11) is 0. The van der Waals surface area contributed by atoms with Gasteiger partial charge in [0, 0.05) is 5.69 Å². The van der Waals surface area contributed by atoms with Crippen molar-refractivity contribution in [3.05, 3.63) is 29.8 Å². The van der Waals surface area contributed by atoms with Crippen LogP contribution in [0.25, 0.3) is 0 Å². The standard InChI is InChI=1S/C9H9N3S.Na/c1-7-2-4-8(5-3-7)12-9(13)11-6-10;/h2-5H,1H3,(H2,11,12,13);/q;+1/p-1. The average Bonchev–Trinajstić information content (AvgIpc) is 2.09. The third-order valence-electron chi connectivity index (χ3n) is 1.45. The number of amidine groups is 1. The molecule has 0 bridgehead atoms. The third kappa shape index (κ3) is 4.58. The molecule has 0 saturated carbocycles. The molecule has 5 heteroatoms. The Hall–Kier alpha value is -0.600. The molecular formula is C9H8N3NaS. The molecule has 1 N–H and O–H groups in total. The summed E-state index contributed by atoms with van der Waals surface area (Å²) in [6, 6.07) is 7.68. The minimum absolute atomic E-state index is 0. The minimum Gasteiger partial charge on any atom is -0.742 e. The first-order chi connectivity index (χ1) is 6.22. The number of nitrogens with one attached hydrogen (secondary N) is 1. The van der Waals surface area contributed by atoms with Gasteiger partial charge in [-0.1, -0.05) is 17.7 Å². The van der Waals surface area contributed by atoms with Gasteiger partial charge in [0.15, 0.2) is 0 Å². The monoisotopic (exact) mass is 213 g/mol. The van der Waals surface area contributed by atoms with E-state index in [0.717, 1.165) is 5.69 Å². The molecule has 0 radical (unpaired) electrons. The van der Waals surface area contributed by atoms with Crippen LogP contribution in [-0.2, 0) is 12.6 Å². The van der Waals surface area contributed by atoms with Crippen LogP contribution in [0.1, 0.15) is 5.56 Å².